The van der Waals surface area contributed by atoms with Crippen molar-refractivity contribution < 1.29 is 14.3 Å². The monoisotopic (exact) mass is 293 g/mol. The van der Waals surface area contributed by atoms with E-state index in [1.807, 2.05) is 0 Å². The molecule has 104 valence electrons. The summed E-state index contributed by atoms with van der Waals surface area (Å²) in [6, 6.07) is 10.7. The molecule has 0 saturated heterocycles. The average Bonchev–Trinajstić information content (AvgIpc) is 2.42. The number of carbonyl (C=O) groups is 1. The molecule has 20 heavy (non-hydrogen) atoms. The number of amides is 1. The molecule has 2 aromatic carbocycles. The van der Waals surface area contributed by atoms with Crippen molar-refractivity contribution in [1.29, 1.82) is 0 Å². The van der Waals surface area contributed by atoms with Crippen molar-refractivity contribution in [1.82, 2.24) is 0 Å². The lowest BCUT2D eigenvalue weighted by Gasteiger charge is -2.13. The highest BCUT2D eigenvalue weighted by molar-refractivity contribution is 6.30. The first-order chi connectivity index (χ1) is 9.49. The van der Waals surface area contributed by atoms with E-state index in [1.165, 1.54) is 12.1 Å². The standard InChI is InChI=1S/C15H13ClFNO2/c1-9(19)11-4-2-3-5-14(11)18-15(20)10-6-7-12(16)13(17)8-10/h2-9,19H,1H3,(H,18,20). The van der Waals surface area contributed by atoms with Crippen LogP contribution >= 0.6 is 11.6 Å². The second-order valence-electron chi connectivity index (χ2n) is 4.35. The lowest BCUT2D eigenvalue weighted by atomic mass is 10.1. The number of hydrogen-bond acceptors (Lipinski definition) is 2. The number of aliphatic hydroxyl groups is 1. The fourth-order valence-electron chi connectivity index (χ4n) is 1.81. The first-order valence-electron chi connectivity index (χ1n) is 6.02. The highest BCUT2D eigenvalue weighted by Gasteiger charge is 2.13. The van der Waals surface area contributed by atoms with E-state index in [4.69, 9.17) is 11.6 Å². The molecule has 1 atom stereocenters. The topological polar surface area (TPSA) is 49.3 Å². The van der Waals surface area contributed by atoms with Gasteiger partial charge in [-0.2, -0.15) is 0 Å². The van der Waals surface area contributed by atoms with E-state index in [0.717, 1.165) is 6.07 Å². The molecule has 0 aromatic heterocycles. The highest BCUT2D eigenvalue weighted by Crippen LogP contribution is 2.23. The average molecular weight is 294 g/mol. The fourth-order valence-corrected chi connectivity index (χ4v) is 1.92. The van der Waals surface area contributed by atoms with Crippen LogP contribution in [0.15, 0.2) is 42.5 Å². The molecule has 0 aliphatic rings. The molecule has 0 aliphatic heterocycles. The molecule has 3 nitrogen and oxygen atoms in total. The van der Waals surface area contributed by atoms with Gasteiger partial charge < -0.3 is 10.4 Å². The quantitative estimate of drug-likeness (QED) is 0.904. The molecule has 1 unspecified atom stereocenters. The molecule has 2 aromatic rings. The third-order valence-corrected chi connectivity index (χ3v) is 3.15. The summed E-state index contributed by atoms with van der Waals surface area (Å²) in [7, 11) is 0. The number of halogens is 2. The van der Waals surface area contributed by atoms with Crippen LogP contribution in [0.5, 0.6) is 0 Å². The van der Waals surface area contributed by atoms with Gasteiger partial charge in [0, 0.05) is 16.8 Å². The van der Waals surface area contributed by atoms with Gasteiger partial charge in [-0.15, -0.1) is 0 Å². The van der Waals surface area contributed by atoms with Gasteiger partial charge in [-0.1, -0.05) is 29.8 Å². The van der Waals surface area contributed by atoms with Crippen molar-refractivity contribution in [3.63, 3.8) is 0 Å². The maximum absolute atomic E-state index is 13.3. The number of hydrogen-bond donors (Lipinski definition) is 2. The van der Waals surface area contributed by atoms with Gasteiger partial charge in [0.1, 0.15) is 5.82 Å². The Balaban J connectivity index is 2.26. The molecule has 5 heteroatoms. The second kappa shape index (κ2) is 6.03. The van der Waals surface area contributed by atoms with Crippen LogP contribution < -0.4 is 5.32 Å². The molecule has 0 heterocycles. The largest absolute Gasteiger partial charge is 0.389 e. The van der Waals surface area contributed by atoms with Crippen molar-refractivity contribution in [3.8, 4) is 0 Å². The summed E-state index contributed by atoms with van der Waals surface area (Å²) in [4.78, 5) is 12.0. The summed E-state index contributed by atoms with van der Waals surface area (Å²) in [6.45, 7) is 1.60. The first kappa shape index (κ1) is 14.5. The Morgan fingerprint density at radius 3 is 2.65 bits per heavy atom. The summed E-state index contributed by atoms with van der Waals surface area (Å²) in [5.41, 5.74) is 1.24. The van der Waals surface area contributed by atoms with Crippen molar-refractivity contribution >= 4 is 23.2 Å². The van der Waals surface area contributed by atoms with Crippen molar-refractivity contribution in [2.75, 3.05) is 5.32 Å². The predicted molar refractivity (Wildman–Crippen MR) is 76.4 cm³/mol. The molecule has 0 aliphatic carbocycles. The first-order valence-corrected chi connectivity index (χ1v) is 6.40. The molecule has 0 radical (unpaired) electrons. The van der Waals surface area contributed by atoms with Crippen LogP contribution in [-0.4, -0.2) is 11.0 Å². The van der Waals surface area contributed by atoms with Crippen LogP contribution in [0, 0.1) is 5.82 Å². The highest BCUT2D eigenvalue weighted by atomic mass is 35.5. The van der Waals surface area contributed by atoms with Gasteiger partial charge in [0.25, 0.3) is 5.91 Å². The predicted octanol–water partition coefficient (Wildman–Crippen LogP) is 3.78. The van der Waals surface area contributed by atoms with Crippen LogP contribution in [0.2, 0.25) is 5.02 Å². The van der Waals surface area contributed by atoms with Crippen LogP contribution in [0.1, 0.15) is 28.9 Å². The van der Waals surface area contributed by atoms with Crippen LogP contribution in [0.4, 0.5) is 10.1 Å². The minimum atomic E-state index is -0.714. The molecule has 1 amide bonds. The molecule has 2 N–H and O–H groups in total. The van der Waals surface area contributed by atoms with Gasteiger partial charge in [-0.05, 0) is 31.2 Å². The number of rotatable bonds is 3. The molecule has 0 spiro atoms. The van der Waals surface area contributed by atoms with Gasteiger partial charge in [-0.3, -0.25) is 4.79 Å². The van der Waals surface area contributed by atoms with Crippen LogP contribution in [-0.2, 0) is 0 Å². The zero-order valence-corrected chi connectivity index (χ0v) is 11.5. The molecular weight excluding hydrogens is 281 g/mol. The number of anilines is 1. The Kier molecular flexibility index (Phi) is 4.37. The van der Waals surface area contributed by atoms with Gasteiger partial charge in [0.05, 0.1) is 11.1 Å². The Morgan fingerprint density at radius 1 is 1.30 bits per heavy atom. The molecule has 2 rings (SSSR count). The Morgan fingerprint density at radius 2 is 2.00 bits per heavy atom. The lowest BCUT2D eigenvalue weighted by molar-refractivity contribution is 0.102. The minimum absolute atomic E-state index is 0.0362. The summed E-state index contributed by atoms with van der Waals surface area (Å²) in [5, 5.41) is 12.2. The Hall–Kier alpha value is -1.91. The fraction of sp³-hybridized carbons (Fsp3) is 0.133. The number of nitrogens with one attached hydrogen (secondary N) is 1. The minimum Gasteiger partial charge on any atom is -0.389 e. The number of aliphatic hydroxyl groups excluding tert-OH is 1. The number of carbonyl (C=O) groups excluding carboxylic acids is 1. The SMILES string of the molecule is CC(O)c1ccccc1NC(=O)c1ccc(Cl)c(F)c1. The third kappa shape index (κ3) is 3.15. The van der Waals surface area contributed by atoms with Gasteiger partial charge in [0.2, 0.25) is 0 Å². The van der Waals surface area contributed by atoms with Gasteiger partial charge >= 0.3 is 0 Å². The Bertz CT molecular complexity index is 644. The van der Waals surface area contributed by atoms with E-state index in [0.29, 0.717) is 11.3 Å². The van der Waals surface area contributed by atoms with E-state index >= 15 is 0 Å². The molecular formula is C15H13ClFNO2. The van der Waals surface area contributed by atoms with Gasteiger partial charge in [-0.25, -0.2) is 4.39 Å². The Labute approximate surface area is 121 Å². The van der Waals surface area contributed by atoms with Crippen molar-refractivity contribution in [2.24, 2.45) is 0 Å². The third-order valence-electron chi connectivity index (χ3n) is 2.84. The smallest absolute Gasteiger partial charge is 0.255 e. The van der Waals surface area contributed by atoms with E-state index in [2.05, 4.69) is 5.32 Å². The zero-order valence-electron chi connectivity index (χ0n) is 10.7. The zero-order chi connectivity index (χ0) is 14.7. The second-order valence-corrected chi connectivity index (χ2v) is 4.75. The number of benzene rings is 2. The van der Waals surface area contributed by atoms with Gasteiger partial charge in [0.15, 0.2) is 0 Å². The summed E-state index contributed by atoms with van der Waals surface area (Å²) in [5.74, 6) is -1.11. The van der Waals surface area contributed by atoms with Crippen LogP contribution in [0.3, 0.4) is 0 Å². The van der Waals surface area contributed by atoms with E-state index in [9.17, 15) is 14.3 Å². The maximum atomic E-state index is 13.3. The molecule has 0 bridgehead atoms. The van der Waals surface area contributed by atoms with E-state index in [1.54, 1.807) is 31.2 Å². The maximum Gasteiger partial charge on any atom is 0.255 e. The molecule has 0 fully saturated rings. The lowest BCUT2D eigenvalue weighted by Crippen LogP contribution is -2.14. The van der Waals surface area contributed by atoms with Crippen LogP contribution in [0.25, 0.3) is 0 Å². The van der Waals surface area contributed by atoms with E-state index < -0.39 is 17.8 Å². The summed E-state index contributed by atoms with van der Waals surface area (Å²) in [6.07, 6.45) is -0.714. The normalized spacial score (nSPS) is 12.0. The summed E-state index contributed by atoms with van der Waals surface area (Å²) < 4.78 is 13.3. The van der Waals surface area contributed by atoms with E-state index in [-0.39, 0.29) is 10.6 Å². The van der Waals surface area contributed by atoms with Crippen molar-refractivity contribution in [2.45, 2.75) is 13.0 Å². The van der Waals surface area contributed by atoms with Crippen molar-refractivity contribution in [3.05, 3.63) is 64.4 Å². The number of para-hydroxylation sites is 1. The summed E-state index contributed by atoms with van der Waals surface area (Å²) >= 11 is 5.57. The molecule has 0 saturated carbocycles.